The quantitative estimate of drug-likeness (QED) is 0.679. The standard InChI is InChI=1S/C21H26N2O2.ClH/c24-21(25)10-5-16-3-8-20(9-4-16)23-15-17-1-6-18(7-2-17)19-11-13-22-14-12-19;/h1-4,6-9,19,22-23H,5,10-15H2,(H,24,25);1H. The maximum Gasteiger partial charge on any atom is 0.303 e. The van der Waals surface area contributed by atoms with Gasteiger partial charge in [0.1, 0.15) is 0 Å². The zero-order chi connectivity index (χ0) is 17.5. The Kier molecular flexibility index (Phi) is 7.95. The summed E-state index contributed by atoms with van der Waals surface area (Å²) in [5, 5.41) is 15.6. The molecule has 0 saturated carbocycles. The number of halogens is 1. The van der Waals surface area contributed by atoms with Crippen LogP contribution in [0.5, 0.6) is 0 Å². The Bertz CT molecular complexity index is 680. The second kappa shape index (κ2) is 10.2. The van der Waals surface area contributed by atoms with Crippen LogP contribution in [0.2, 0.25) is 0 Å². The SMILES string of the molecule is Cl.O=C(O)CCc1ccc(NCc2ccc(C3CCNCC3)cc2)cc1. The first-order valence-corrected chi connectivity index (χ1v) is 9.05. The van der Waals surface area contributed by atoms with E-state index in [4.69, 9.17) is 5.11 Å². The van der Waals surface area contributed by atoms with Crippen LogP contribution in [0, 0.1) is 0 Å². The molecule has 26 heavy (non-hydrogen) atoms. The van der Waals surface area contributed by atoms with Gasteiger partial charge in [0.2, 0.25) is 0 Å². The molecule has 1 aliphatic rings. The number of anilines is 1. The van der Waals surface area contributed by atoms with Crippen molar-refractivity contribution in [3.05, 3.63) is 65.2 Å². The van der Waals surface area contributed by atoms with Crippen LogP contribution in [-0.4, -0.2) is 24.2 Å². The van der Waals surface area contributed by atoms with Crippen LogP contribution in [0.1, 0.15) is 41.9 Å². The number of piperidine rings is 1. The lowest BCUT2D eigenvalue weighted by Gasteiger charge is -2.23. The van der Waals surface area contributed by atoms with Crippen molar-refractivity contribution in [3.63, 3.8) is 0 Å². The maximum absolute atomic E-state index is 10.6. The van der Waals surface area contributed by atoms with Crippen LogP contribution < -0.4 is 10.6 Å². The van der Waals surface area contributed by atoms with Crippen molar-refractivity contribution in [2.45, 2.75) is 38.1 Å². The van der Waals surface area contributed by atoms with Crippen molar-refractivity contribution in [2.75, 3.05) is 18.4 Å². The molecule has 0 amide bonds. The van der Waals surface area contributed by atoms with E-state index in [2.05, 4.69) is 34.9 Å². The molecule has 0 spiro atoms. The summed E-state index contributed by atoms with van der Waals surface area (Å²) in [4.78, 5) is 10.6. The lowest BCUT2D eigenvalue weighted by Crippen LogP contribution is -2.26. The molecule has 0 aliphatic carbocycles. The topological polar surface area (TPSA) is 61.4 Å². The number of carboxylic acids is 1. The number of nitrogens with one attached hydrogen (secondary N) is 2. The summed E-state index contributed by atoms with van der Waals surface area (Å²) in [6, 6.07) is 17.0. The van der Waals surface area contributed by atoms with Gasteiger partial charge in [-0.1, -0.05) is 36.4 Å². The summed E-state index contributed by atoms with van der Waals surface area (Å²) in [7, 11) is 0. The Morgan fingerprint density at radius 2 is 1.62 bits per heavy atom. The monoisotopic (exact) mass is 374 g/mol. The Labute approximate surface area is 161 Å². The summed E-state index contributed by atoms with van der Waals surface area (Å²) in [6.07, 6.45) is 3.21. The van der Waals surface area contributed by atoms with Gasteiger partial charge in [-0.25, -0.2) is 0 Å². The van der Waals surface area contributed by atoms with Crippen molar-refractivity contribution in [1.82, 2.24) is 5.32 Å². The van der Waals surface area contributed by atoms with E-state index in [0.717, 1.165) is 30.9 Å². The fraction of sp³-hybridized carbons (Fsp3) is 0.381. The summed E-state index contributed by atoms with van der Waals surface area (Å²) < 4.78 is 0. The molecule has 1 fully saturated rings. The Hall–Kier alpha value is -2.04. The highest BCUT2D eigenvalue weighted by Crippen LogP contribution is 2.25. The third kappa shape index (κ3) is 6.04. The van der Waals surface area contributed by atoms with Crippen molar-refractivity contribution >= 4 is 24.1 Å². The molecule has 0 aromatic heterocycles. The second-order valence-electron chi connectivity index (χ2n) is 6.71. The van der Waals surface area contributed by atoms with Crippen molar-refractivity contribution in [2.24, 2.45) is 0 Å². The van der Waals surface area contributed by atoms with E-state index in [-0.39, 0.29) is 18.8 Å². The molecule has 0 radical (unpaired) electrons. The van der Waals surface area contributed by atoms with Crippen LogP contribution in [-0.2, 0) is 17.8 Å². The average Bonchev–Trinajstić information content (AvgIpc) is 2.66. The third-order valence-electron chi connectivity index (χ3n) is 4.87. The number of benzene rings is 2. The minimum atomic E-state index is -0.755. The van der Waals surface area contributed by atoms with E-state index in [1.807, 2.05) is 24.3 Å². The highest BCUT2D eigenvalue weighted by Gasteiger charge is 2.14. The minimum Gasteiger partial charge on any atom is -0.481 e. The van der Waals surface area contributed by atoms with E-state index >= 15 is 0 Å². The minimum absolute atomic E-state index is 0. The molecule has 1 aliphatic heterocycles. The molecule has 0 atom stereocenters. The first kappa shape index (κ1) is 20.3. The van der Waals surface area contributed by atoms with Gasteiger partial charge in [-0.15, -0.1) is 12.4 Å². The van der Waals surface area contributed by atoms with Crippen LogP contribution in [0.15, 0.2) is 48.5 Å². The largest absolute Gasteiger partial charge is 0.481 e. The van der Waals surface area contributed by atoms with Crippen LogP contribution >= 0.6 is 12.4 Å². The van der Waals surface area contributed by atoms with E-state index in [9.17, 15) is 4.79 Å². The lowest BCUT2D eigenvalue weighted by atomic mass is 9.90. The van der Waals surface area contributed by atoms with Gasteiger partial charge in [-0.2, -0.15) is 0 Å². The van der Waals surface area contributed by atoms with Crippen molar-refractivity contribution in [3.8, 4) is 0 Å². The van der Waals surface area contributed by atoms with Crippen molar-refractivity contribution < 1.29 is 9.90 Å². The van der Waals surface area contributed by atoms with Gasteiger partial charge < -0.3 is 15.7 Å². The van der Waals surface area contributed by atoms with Gasteiger partial charge in [0.25, 0.3) is 0 Å². The third-order valence-corrected chi connectivity index (χ3v) is 4.87. The number of aryl methyl sites for hydroxylation is 1. The van der Waals surface area contributed by atoms with E-state index in [1.54, 1.807) is 0 Å². The number of hydrogen-bond donors (Lipinski definition) is 3. The van der Waals surface area contributed by atoms with Gasteiger partial charge in [-0.05, 0) is 67.1 Å². The highest BCUT2D eigenvalue weighted by molar-refractivity contribution is 5.85. The Morgan fingerprint density at radius 3 is 2.23 bits per heavy atom. The lowest BCUT2D eigenvalue weighted by molar-refractivity contribution is -0.136. The first-order valence-electron chi connectivity index (χ1n) is 9.05. The second-order valence-corrected chi connectivity index (χ2v) is 6.71. The van der Waals surface area contributed by atoms with E-state index in [1.165, 1.54) is 24.0 Å². The Balaban J connectivity index is 0.00000243. The molecule has 0 bridgehead atoms. The fourth-order valence-electron chi connectivity index (χ4n) is 3.31. The molecule has 5 heteroatoms. The number of carboxylic acid groups (broad SMARTS) is 1. The van der Waals surface area contributed by atoms with Crippen LogP contribution in [0.25, 0.3) is 0 Å². The molecule has 2 aromatic carbocycles. The summed E-state index contributed by atoms with van der Waals surface area (Å²) in [5.74, 6) is -0.0586. The summed E-state index contributed by atoms with van der Waals surface area (Å²) in [6.45, 7) is 3.04. The predicted molar refractivity (Wildman–Crippen MR) is 108 cm³/mol. The normalized spacial score (nSPS) is 14.5. The van der Waals surface area contributed by atoms with E-state index < -0.39 is 5.97 Å². The van der Waals surface area contributed by atoms with Crippen molar-refractivity contribution in [1.29, 1.82) is 0 Å². The van der Waals surface area contributed by atoms with Gasteiger partial charge in [-0.3, -0.25) is 4.79 Å². The highest BCUT2D eigenvalue weighted by atomic mass is 35.5. The smallest absolute Gasteiger partial charge is 0.303 e. The number of rotatable bonds is 7. The Morgan fingerprint density at radius 1 is 1.00 bits per heavy atom. The molecule has 2 aromatic rings. The van der Waals surface area contributed by atoms with Gasteiger partial charge in [0, 0.05) is 18.7 Å². The fourth-order valence-corrected chi connectivity index (χ4v) is 3.31. The molecule has 140 valence electrons. The van der Waals surface area contributed by atoms with Gasteiger partial charge in [0.15, 0.2) is 0 Å². The molecule has 3 rings (SSSR count). The number of carbonyl (C=O) groups is 1. The molecule has 1 heterocycles. The zero-order valence-corrected chi connectivity index (χ0v) is 15.7. The molecule has 1 saturated heterocycles. The summed E-state index contributed by atoms with van der Waals surface area (Å²) >= 11 is 0. The molecule has 4 nitrogen and oxygen atoms in total. The zero-order valence-electron chi connectivity index (χ0n) is 14.9. The number of aliphatic carboxylic acids is 1. The first-order chi connectivity index (χ1) is 12.2. The van der Waals surface area contributed by atoms with Gasteiger partial charge >= 0.3 is 5.97 Å². The van der Waals surface area contributed by atoms with Gasteiger partial charge in [0.05, 0.1) is 0 Å². The summed E-state index contributed by atoms with van der Waals surface area (Å²) in [5.41, 5.74) is 4.83. The predicted octanol–water partition coefficient (Wildman–Crippen LogP) is 4.20. The number of hydrogen-bond acceptors (Lipinski definition) is 3. The maximum atomic E-state index is 10.6. The molecule has 0 unspecified atom stereocenters. The average molecular weight is 375 g/mol. The van der Waals surface area contributed by atoms with E-state index in [0.29, 0.717) is 12.3 Å². The molecule has 3 N–H and O–H groups in total. The van der Waals surface area contributed by atoms with Crippen LogP contribution in [0.4, 0.5) is 5.69 Å². The van der Waals surface area contributed by atoms with Crippen LogP contribution in [0.3, 0.4) is 0 Å². The molecular weight excluding hydrogens is 348 g/mol. The molecular formula is C21H27ClN2O2.